The first-order chi connectivity index (χ1) is 33.8. The predicted octanol–water partition coefficient (Wildman–Crippen LogP) is 7.36. The van der Waals surface area contributed by atoms with Gasteiger partial charge in [-0.05, 0) is 16.7 Å². The van der Waals surface area contributed by atoms with Crippen molar-refractivity contribution >= 4 is 17.7 Å². The first-order valence-corrected chi connectivity index (χ1v) is 22.0. The molecule has 3 atom stereocenters. The Kier molecular flexibility index (Phi) is 11.3. The Bertz CT molecular complexity index is 2710. The van der Waals surface area contributed by atoms with E-state index in [0.29, 0.717) is 16.7 Å². The van der Waals surface area contributed by atoms with Gasteiger partial charge in [-0.3, -0.25) is 14.4 Å². The van der Waals surface area contributed by atoms with Gasteiger partial charge >= 0.3 is 17.8 Å². The van der Waals surface area contributed by atoms with Crippen LogP contribution in [0.4, 0.5) is 52.7 Å². The summed E-state index contributed by atoms with van der Waals surface area (Å²) in [6.07, 6.45) is -1.49. The van der Waals surface area contributed by atoms with Gasteiger partial charge in [0.05, 0.1) is 57.4 Å². The number of carbonyl (C=O) groups is 3. The summed E-state index contributed by atoms with van der Waals surface area (Å²) in [6, 6.07) is 23.5. The van der Waals surface area contributed by atoms with E-state index in [0.717, 1.165) is 28.7 Å². The van der Waals surface area contributed by atoms with Crippen molar-refractivity contribution in [2.75, 3.05) is 39.3 Å². The Morgan fingerprint density at radius 2 is 0.597 bits per heavy atom. The summed E-state index contributed by atoms with van der Waals surface area (Å²) in [5.74, 6) is -24.3. The van der Waals surface area contributed by atoms with Gasteiger partial charge in [-0.2, -0.15) is 26.3 Å². The van der Waals surface area contributed by atoms with Crippen LogP contribution in [0.25, 0.3) is 0 Å². The minimum atomic E-state index is -3.23. The molecule has 0 bridgehead atoms. The Balaban J connectivity index is 0.000000124. The standard InChI is InChI=1S/3C15H12F4N4O/c3*16-14(17)7-22(8-14)12(24)11-20-13-15(18,19)6-10(23(13)21-11)9-4-2-1-3-5-9/h3*1-5,10H,6-8H2/t2*10-;/m10./s1. The number of amides is 3. The number of carbonyl (C=O) groups excluding carboxylic acids is 3. The number of alkyl halides is 12. The summed E-state index contributed by atoms with van der Waals surface area (Å²) in [4.78, 5) is 49.7. The van der Waals surface area contributed by atoms with Crippen molar-refractivity contribution in [2.24, 2.45) is 0 Å². The van der Waals surface area contributed by atoms with Gasteiger partial charge in [-0.15, -0.1) is 15.3 Å². The Hall–Kier alpha value is -7.35. The van der Waals surface area contributed by atoms with Crippen LogP contribution in [0, 0.1) is 0 Å². The molecule has 72 heavy (non-hydrogen) atoms. The van der Waals surface area contributed by atoms with Crippen molar-refractivity contribution in [3.8, 4) is 0 Å². The van der Waals surface area contributed by atoms with E-state index in [1.807, 2.05) is 0 Å². The van der Waals surface area contributed by atoms with Crippen molar-refractivity contribution in [1.82, 2.24) is 59.0 Å². The number of nitrogens with zero attached hydrogens (tertiary/aromatic N) is 12. The minimum absolute atomic E-state index is 0.471. The highest BCUT2D eigenvalue weighted by Crippen LogP contribution is 2.48. The zero-order chi connectivity index (χ0) is 51.3. The molecule has 0 radical (unpaired) electrons. The molecule has 0 spiro atoms. The second-order valence-electron chi connectivity index (χ2n) is 18.2. The molecule has 3 aromatic carbocycles. The van der Waals surface area contributed by atoms with Crippen LogP contribution >= 0.6 is 0 Å². The molecule has 6 aromatic rings. The quantitative estimate of drug-likeness (QED) is 0.156. The SMILES string of the molecule is O=C(c1nc2n(n1)C(c1ccccc1)CC2(F)F)N1CC(F)(F)C1.O=C(c1nc2n(n1)[C@@H](c1ccccc1)CC2(F)F)N1CC(F)(F)C1.O=C(c1nc2n(n1)[C@H](c1ccccc1)CC2(F)F)N1CC(F)(F)C1. The van der Waals surface area contributed by atoms with Crippen molar-refractivity contribution in [1.29, 1.82) is 0 Å². The van der Waals surface area contributed by atoms with Gasteiger partial charge in [0.25, 0.3) is 35.5 Å². The highest BCUT2D eigenvalue weighted by molar-refractivity contribution is 5.92. The maximum absolute atomic E-state index is 14.2. The lowest BCUT2D eigenvalue weighted by molar-refractivity contribution is -0.113. The van der Waals surface area contributed by atoms with Gasteiger partial charge in [-0.1, -0.05) is 91.0 Å². The van der Waals surface area contributed by atoms with Crippen LogP contribution in [-0.2, 0) is 17.8 Å². The number of halogens is 12. The second-order valence-corrected chi connectivity index (χ2v) is 18.2. The summed E-state index contributed by atoms with van der Waals surface area (Å²) in [7, 11) is 0. The molecule has 15 nitrogen and oxygen atoms in total. The van der Waals surface area contributed by atoms with E-state index in [1.54, 1.807) is 91.0 Å². The van der Waals surface area contributed by atoms with Crippen LogP contribution in [0.2, 0.25) is 0 Å². The monoisotopic (exact) mass is 1020 g/mol. The first kappa shape index (κ1) is 48.3. The maximum Gasteiger partial charge on any atom is 0.308 e. The fourth-order valence-corrected chi connectivity index (χ4v) is 9.10. The largest absolute Gasteiger partial charge is 0.324 e. The average Bonchev–Trinajstić information content (AvgIpc) is 4.17. The Labute approximate surface area is 398 Å². The summed E-state index contributed by atoms with van der Waals surface area (Å²) < 4.78 is 166. The molecule has 12 rings (SSSR count). The summed E-state index contributed by atoms with van der Waals surface area (Å²) in [5, 5.41) is 11.7. The molecule has 27 heteroatoms. The third kappa shape index (κ3) is 8.89. The van der Waals surface area contributed by atoms with Crippen LogP contribution in [0.1, 0.15) is 103 Å². The highest BCUT2D eigenvalue weighted by Gasteiger charge is 2.55. The molecule has 378 valence electrons. The van der Waals surface area contributed by atoms with Crippen molar-refractivity contribution in [2.45, 2.75) is 72.9 Å². The van der Waals surface area contributed by atoms with Crippen LogP contribution in [0.3, 0.4) is 0 Å². The molecule has 3 amide bonds. The normalized spacial score (nSPS) is 23.7. The van der Waals surface area contributed by atoms with Crippen molar-refractivity contribution in [3.63, 3.8) is 0 Å². The molecule has 3 saturated heterocycles. The molecule has 0 aliphatic carbocycles. The molecule has 6 aliphatic heterocycles. The minimum Gasteiger partial charge on any atom is -0.324 e. The number of hydrogen-bond donors (Lipinski definition) is 0. The van der Waals surface area contributed by atoms with Crippen molar-refractivity contribution in [3.05, 3.63) is 143 Å². The Morgan fingerprint density at radius 1 is 0.375 bits per heavy atom. The maximum atomic E-state index is 14.2. The fourth-order valence-electron chi connectivity index (χ4n) is 9.10. The van der Waals surface area contributed by atoms with E-state index in [9.17, 15) is 67.1 Å². The summed E-state index contributed by atoms with van der Waals surface area (Å²) in [5.41, 5.74) is 1.86. The number of aromatic nitrogens is 9. The lowest BCUT2D eigenvalue weighted by Crippen LogP contribution is -2.58. The lowest BCUT2D eigenvalue weighted by Gasteiger charge is -2.37. The third-order valence-electron chi connectivity index (χ3n) is 12.6. The van der Waals surface area contributed by atoms with Crippen LogP contribution in [0.15, 0.2) is 91.0 Å². The van der Waals surface area contributed by atoms with E-state index in [1.165, 1.54) is 0 Å². The van der Waals surface area contributed by atoms with Gasteiger partial charge in [0.1, 0.15) is 0 Å². The van der Waals surface area contributed by atoms with E-state index in [-0.39, 0.29) is 0 Å². The number of likely N-dealkylation sites (tertiary alicyclic amines) is 3. The van der Waals surface area contributed by atoms with Crippen LogP contribution in [0.5, 0.6) is 0 Å². The van der Waals surface area contributed by atoms with E-state index >= 15 is 0 Å². The molecule has 9 heterocycles. The van der Waals surface area contributed by atoms with E-state index in [2.05, 4.69) is 30.2 Å². The fraction of sp³-hybridized carbons (Fsp3) is 0.400. The molecule has 0 N–H and O–H groups in total. The van der Waals surface area contributed by atoms with E-state index < -0.39 is 165 Å². The highest BCUT2D eigenvalue weighted by atomic mass is 19.3. The average molecular weight is 1020 g/mol. The third-order valence-corrected chi connectivity index (χ3v) is 12.6. The molecular formula is C45H36F12N12O3. The smallest absolute Gasteiger partial charge is 0.308 e. The van der Waals surface area contributed by atoms with E-state index in [4.69, 9.17) is 0 Å². The predicted molar refractivity (Wildman–Crippen MR) is 222 cm³/mol. The molecule has 6 aliphatic rings. The Morgan fingerprint density at radius 3 is 0.806 bits per heavy atom. The number of hydrogen-bond acceptors (Lipinski definition) is 9. The number of fused-ring (bicyclic) bond motifs is 3. The molecular weight excluding hydrogens is 985 g/mol. The molecule has 3 aromatic heterocycles. The van der Waals surface area contributed by atoms with Crippen LogP contribution in [-0.4, -0.2) is 134 Å². The topological polar surface area (TPSA) is 153 Å². The zero-order valence-corrected chi connectivity index (χ0v) is 36.9. The lowest BCUT2D eigenvalue weighted by atomic mass is 10.0. The molecule has 1 unspecified atom stereocenters. The van der Waals surface area contributed by atoms with Gasteiger partial charge in [0.15, 0.2) is 17.5 Å². The van der Waals surface area contributed by atoms with Gasteiger partial charge in [0.2, 0.25) is 17.5 Å². The number of rotatable bonds is 6. The first-order valence-electron chi connectivity index (χ1n) is 22.0. The van der Waals surface area contributed by atoms with Gasteiger partial charge in [0, 0.05) is 19.3 Å². The van der Waals surface area contributed by atoms with Gasteiger partial charge in [-0.25, -0.2) is 55.3 Å². The summed E-state index contributed by atoms with van der Waals surface area (Å²) in [6.45, 7) is -4.45. The molecule has 3 fully saturated rings. The van der Waals surface area contributed by atoms with Gasteiger partial charge < -0.3 is 14.7 Å². The van der Waals surface area contributed by atoms with Crippen LogP contribution < -0.4 is 0 Å². The van der Waals surface area contributed by atoms with Crippen molar-refractivity contribution < 1.29 is 67.1 Å². The molecule has 0 saturated carbocycles. The zero-order valence-electron chi connectivity index (χ0n) is 36.9. The summed E-state index contributed by atoms with van der Waals surface area (Å²) >= 11 is 0. The second kappa shape index (κ2) is 16.9. The number of benzene rings is 3.